The molecule has 0 aliphatic heterocycles. The lowest BCUT2D eigenvalue weighted by Crippen LogP contribution is -2.38. The molecule has 0 fully saturated rings. The van der Waals surface area contributed by atoms with Crippen molar-refractivity contribution >= 4 is 21.9 Å². The van der Waals surface area contributed by atoms with Crippen LogP contribution in [-0.4, -0.2) is 38.5 Å². The number of carboxylic acids is 1. The summed E-state index contributed by atoms with van der Waals surface area (Å²) >= 11 is 0. The molecule has 8 heteroatoms. The van der Waals surface area contributed by atoms with Crippen molar-refractivity contribution in [3.8, 4) is 12.3 Å². The first kappa shape index (κ1) is 18.7. The molecule has 0 unspecified atom stereocenters. The topological polar surface area (TPSA) is 113 Å². The maximum Gasteiger partial charge on any atom is 0.310 e. The number of sulfonamides is 1. The van der Waals surface area contributed by atoms with Gasteiger partial charge in [-0.05, 0) is 38.1 Å². The second-order valence-corrected chi connectivity index (χ2v) is 7.19. The fourth-order valence-electron chi connectivity index (χ4n) is 1.48. The van der Waals surface area contributed by atoms with E-state index in [-0.39, 0.29) is 23.5 Å². The van der Waals surface area contributed by atoms with Crippen molar-refractivity contribution in [2.45, 2.75) is 18.7 Å². The molecular weight excluding hydrogens is 320 g/mol. The van der Waals surface area contributed by atoms with Crippen LogP contribution < -0.4 is 10.0 Å². The lowest BCUT2D eigenvalue weighted by Gasteiger charge is -2.19. The Morgan fingerprint density at radius 2 is 1.83 bits per heavy atom. The van der Waals surface area contributed by atoms with E-state index >= 15 is 0 Å². The second-order valence-electron chi connectivity index (χ2n) is 5.42. The molecule has 0 radical (unpaired) electrons. The summed E-state index contributed by atoms with van der Waals surface area (Å²) in [7, 11) is -3.71. The Labute approximate surface area is 135 Å². The zero-order chi connectivity index (χ0) is 17.7. The van der Waals surface area contributed by atoms with E-state index in [0.717, 1.165) is 0 Å². The predicted molar refractivity (Wildman–Crippen MR) is 84.2 cm³/mol. The number of benzene rings is 1. The molecule has 1 aromatic rings. The van der Waals surface area contributed by atoms with Gasteiger partial charge >= 0.3 is 5.97 Å². The van der Waals surface area contributed by atoms with Gasteiger partial charge in [0.2, 0.25) is 10.0 Å². The van der Waals surface area contributed by atoms with Gasteiger partial charge in [-0.1, -0.05) is 5.92 Å². The van der Waals surface area contributed by atoms with Gasteiger partial charge in [0.05, 0.1) is 16.9 Å². The molecule has 0 aliphatic carbocycles. The number of nitrogens with one attached hydrogen (secondary N) is 2. The quantitative estimate of drug-likeness (QED) is 0.625. The van der Waals surface area contributed by atoms with Crippen molar-refractivity contribution < 1.29 is 23.1 Å². The molecule has 3 N–H and O–H groups in total. The highest BCUT2D eigenvalue weighted by Crippen LogP contribution is 2.14. The van der Waals surface area contributed by atoms with Crippen molar-refractivity contribution in [2.75, 3.05) is 13.1 Å². The van der Waals surface area contributed by atoms with Crippen LogP contribution in [0.1, 0.15) is 24.2 Å². The Morgan fingerprint density at radius 3 is 2.30 bits per heavy atom. The molecule has 0 atom stereocenters. The van der Waals surface area contributed by atoms with Gasteiger partial charge in [-0.3, -0.25) is 9.59 Å². The third kappa shape index (κ3) is 5.09. The average Bonchev–Trinajstić information content (AvgIpc) is 2.50. The van der Waals surface area contributed by atoms with Crippen LogP contribution in [0.5, 0.6) is 0 Å². The first-order valence-corrected chi connectivity index (χ1v) is 8.13. The van der Waals surface area contributed by atoms with E-state index in [9.17, 15) is 18.0 Å². The van der Waals surface area contributed by atoms with Crippen LogP contribution in [0.4, 0.5) is 0 Å². The molecule has 7 nitrogen and oxygen atoms in total. The van der Waals surface area contributed by atoms with Crippen molar-refractivity contribution in [2.24, 2.45) is 5.41 Å². The van der Waals surface area contributed by atoms with Crippen LogP contribution in [0.3, 0.4) is 0 Å². The van der Waals surface area contributed by atoms with Gasteiger partial charge in [0, 0.05) is 12.1 Å². The van der Waals surface area contributed by atoms with Crippen LogP contribution in [0.15, 0.2) is 29.2 Å². The Hall–Kier alpha value is -2.37. The number of carboxylic acid groups (broad SMARTS) is 1. The maximum absolute atomic E-state index is 12.0. The molecule has 0 aromatic heterocycles. The summed E-state index contributed by atoms with van der Waals surface area (Å²) in [6.45, 7) is 2.80. The lowest BCUT2D eigenvalue weighted by molar-refractivity contribution is -0.146. The molecule has 0 bridgehead atoms. The molecule has 1 rings (SSSR count). The zero-order valence-corrected chi connectivity index (χ0v) is 13.6. The van der Waals surface area contributed by atoms with Gasteiger partial charge in [0.1, 0.15) is 0 Å². The molecule has 0 spiro atoms. The van der Waals surface area contributed by atoms with Crippen molar-refractivity contribution in [1.82, 2.24) is 10.0 Å². The maximum atomic E-state index is 12.0. The van der Waals surface area contributed by atoms with E-state index in [2.05, 4.69) is 16.0 Å². The summed E-state index contributed by atoms with van der Waals surface area (Å²) in [5.74, 6) is 0.646. The summed E-state index contributed by atoms with van der Waals surface area (Å²) in [4.78, 5) is 22.9. The van der Waals surface area contributed by atoms with E-state index in [1.165, 1.54) is 38.1 Å². The van der Waals surface area contributed by atoms with Crippen molar-refractivity contribution in [3.63, 3.8) is 0 Å². The summed E-state index contributed by atoms with van der Waals surface area (Å²) in [5, 5.41) is 11.5. The molecular formula is C15H18N2O5S. The monoisotopic (exact) mass is 338 g/mol. The highest BCUT2D eigenvalue weighted by Gasteiger charge is 2.27. The van der Waals surface area contributed by atoms with Crippen molar-refractivity contribution in [3.05, 3.63) is 29.8 Å². The molecule has 1 aromatic carbocycles. The van der Waals surface area contributed by atoms with Crippen molar-refractivity contribution in [1.29, 1.82) is 0 Å². The Bertz CT molecular complexity index is 730. The predicted octanol–water partition coefficient (Wildman–Crippen LogP) is 0.439. The van der Waals surface area contributed by atoms with Crippen LogP contribution in [0.25, 0.3) is 0 Å². The summed E-state index contributed by atoms with van der Waals surface area (Å²) < 4.78 is 25.9. The van der Waals surface area contributed by atoms with Crippen LogP contribution >= 0.6 is 0 Å². The first-order chi connectivity index (χ1) is 10.6. The van der Waals surface area contributed by atoms with Crippen LogP contribution in [-0.2, 0) is 14.8 Å². The molecule has 1 amide bonds. The van der Waals surface area contributed by atoms with E-state index in [0.29, 0.717) is 0 Å². The largest absolute Gasteiger partial charge is 0.481 e. The minimum atomic E-state index is -3.71. The molecule has 0 saturated heterocycles. The van der Waals surface area contributed by atoms with Gasteiger partial charge in [0.25, 0.3) is 5.91 Å². The van der Waals surface area contributed by atoms with E-state index in [4.69, 9.17) is 11.5 Å². The number of carbonyl (C=O) groups excluding carboxylic acids is 1. The van der Waals surface area contributed by atoms with E-state index in [1.807, 2.05) is 0 Å². The number of amides is 1. The second kappa shape index (κ2) is 7.26. The standard InChI is InChI=1S/C15H18N2O5S/c1-4-9-17-23(21,22)12-7-5-11(6-8-12)13(18)16-10-15(2,3)14(19)20/h1,5-8,17H,9-10H2,2-3H3,(H,16,18)(H,19,20). The molecule has 0 saturated carbocycles. The summed E-state index contributed by atoms with van der Waals surface area (Å²) in [5.41, 5.74) is -0.875. The third-order valence-corrected chi connectivity index (χ3v) is 4.48. The average molecular weight is 338 g/mol. The summed E-state index contributed by atoms with van der Waals surface area (Å²) in [6, 6.07) is 5.23. The third-order valence-electron chi connectivity index (χ3n) is 3.06. The highest BCUT2D eigenvalue weighted by molar-refractivity contribution is 7.89. The number of terminal acetylenes is 1. The van der Waals surface area contributed by atoms with Gasteiger partial charge in [0.15, 0.2) is 0 Å². The minimum Gasteiger partial charge on any atom is -0.481 e. The van der Waals surface area contributed by atoms with Gasteiger partial charge < -0.3 is 10.4 Å². The minimum absolute atomic E-state index is 0.0184. The number of hydrogen-bond donors (Lipinski definition) is 3. The van der Waals surface area contributed by atoms with E-state index in [1.54, 1.807) is 0 Å². The fraction of sp³-hybridized carbons (Fsp3) is 0.333. The molecule has 0 heterocycles. The number of rotatable bonds is 7. The number of aliphatic carboxylic acids is 1. The normalized spacial score (nSPS) is 11.5. The zero-order valence-electron chi connectivity index (χ0n) is 12.8. The molecule has 0 aliphatic rings. The Balaban J connectivity index is 2.79. The molecule has 124 valence electrons. The Kier molecular flexibility index (Phi) is 5.90. The fourth-order valence-corrected chi connectivity index (χ4v) is 2.42. The SMILES string of the molecule is C#CCNS(=O)(=O)c1ccc(C(=O)NCC(C)(C)C(=O)O)cc1. The summed E-state index contributed by atoms with van der Waals surface area (Å²) in [6.07, 6.45) is 5.00. The smallest absolute Gasteiger partial charge is 0.310 e. The first-order valence-electron chi connectivity index (χ1n) is 6.65. The number of hydrogen-bond acceptors (Lipinski definition) is 4. The van der Waals surface area contributed by atoms with Gasteiger partial charge in [-0.2, -0.15) is 4.72 Å². The van der Waals surface area contributed by atoms with Crippen LogP contribution in [0.2, 0.25) is 0 Å². The molecule has 23 heavy (non-hydrogen) atoms. The van der Waals surface area contributed by atoms with Gasteiger partial charge in [-0.15, -0.1) is 6.42 Å². The van der Waals surface area contributed by atoms with Gasteiger partial charge in [-0.25, -0.2) is 8.42 Å². The number of carbonyl (C=O) groups is 2. The van der Waals surface area contributed by atoms with Crippen LogP contribution in [0, 0.1) is 17.8 Å². The lowest BCUT2D eigenvalue weighted by atomic mass is 9.94. The Morgan fingerprint density at radius 1 is 1.26 bits per heavy atom. The highest BCUT2D eigenvalue weighted by atomic mass is 32.2. The van der Waals surface area contributed by atoms with E-state index < -0.39 is 27.3 Å².